The monoisotopic (exact) mass is 240 g/mol. The third kappa shape index (κ3) is 4.57. The summed E-state index contributed by atoms with van der Waals surface area (Å²) in [6, 6.07) is 1.49. The third-order valence-corrected chi connectivity index (χ3v) is 4.24. The molecule has 0 saturated carbocycles. The molecule has 3 heteroatoms. The zero-order valence-electron chi connectivity index (χ0n) is 11.3. The molecular formula is C14H28N2O. The first-order valence-corrected chi connectivity index (χ1v) is 7.41. The number of nitrogens with one attached hydrogen (secondary N) is 1. The molecule has 2 saturated heterocycles. The lowest BCUT2D eigenvalue weighted by Gasteiger charge is -2.29. The highest BCUT2D eigenvalue weighted by Crippen LogP contribution is 2.15. The van der Waals surface area contributed by atoms with Gasteiger partial charge in [0.2, 0.25) is 0 Å². The Morgan fingerprint density at radius 3 is 2.76 bits per heavy atom. The Labute approximate surface area is 106 Å². The van der Waals surface area contributed by atoms with Crippen LogP contribution in [0.5, 0.6) is 0 Å². The van der Waals surface area contributed by atoms with Crippen molar-refractivity contribution in [2.24, 2.45) is 0 Å². The summed E-state index contributed by atoms with van der Waals surface area (Å²) in [7, 11) is 0. The van der Waals surface area contributed by atoms with E-state index in [0.717, 1.165) is 25.8 Å². The molecule has 2 aliphatic heterocycles. The molecule has 0 aromatic carbocycles. The van der Waals surface area contributed by atoms with Gasteiger partial charge in [-0.15, -0.1) is 0 Å². The van der Waals surface area contributed by atoms with Crippen molar-refractivity contribution in [3.05, 3.63) is 0 Å². The number of likely N-dealkylation sites (tertiary alicyclic amines) is 1. The Bertz CT molecular complexity index is 204. The predicted octanol–water partition coefficient (Wildman–Crippen LogP) is 2.02. The molecule has 100 valence electrons. The number of hydrogen-bond acceptors (Lipinski definition) is 3. The predicted molar refractivity (Wildman–Crippen MR) is 71.3 cm³/mol. The van der Waals surface area contributed by atoms with Crippen LogP contribution < -0.4 is 5.32 Å². The summed E-state index contributed by atoms with van der Waals surface area (Å²) < 4.78 is 5.38. The molecule has 0 amide bonds. The van der Waals surface area contributed by atoms with Crippen LogP contribution in [-0.4, -0.2) is 49.8 Å². The zero-order chi connectivity index (χ0) is 11.9. The molecule has 3 nitrogen and oxygen atoms in total. The van der Waals surface area contributed by atoms with E-state index in [1.54, 1.807) is 0 Å². The highest BCUT2D eigenvalue weighted by molar-refractivity contribution is 4.75. The maximum atomic E-state index is 5.38. The fourth-order valence-corrected chi connectivity index (χ4v) is 2.98. The molecule has 2 rings (SSSR count). The van der Waals surface area contributed by atoms with E-state index in [0.29, 0.717) is 6.04 Å². The van der Waals surface area contributed by atoms with Crippen LogP contribution >= 0.6 is 0 Å². The molecule has 0 aromatic heterocycles. The van der Waals surface area contributed by atoms with Crippen LogP contribution in [-0.2, 0) is 4.74 Å². The van der Waals surface area contributed by atoms with Crippen molar-refractivity contribution in [3.63, 3.8) is 0 Å². The first-order chi connectivity index (χ1) is 8.36. The summed E-state index contributed by atoms with van der Waals surface area (Å²) in [4.78, 5) is 2.67. The summed E-state index contributed by atoms with van der Waals surface area (Å²) in [5.41, 5.74) is 0. The molecule has 2 heterocycles. The Morgan fingerprint density at radius 1 is 1.12 bits per heavy atom. The quantitative estimate of drug-likeness (QED) is 0.813. The van der Waals surface area contributed by atoms with Crippen molar-refractivity contribution in [2.45, 2.75) is 57.5 Å². The first kappa shape index (κ1) is 13.3. The Hall–Kier alpha value is -0.120. The second kappa shape index (κ2) is 7.34. The van der Waals surface area contributed by atoms with Gasteiger partial charge in [0.15, 0.2) is 0 Å². The van der Waals surface area contributed by atoms with Gasteiger partial charge in [-0.2, -0.15) is 0 Å². The summed E-state index contributed by atoms with van der Waals surface area (Å²) in [5.74, 6) is 0. The number of nitrogens with zero attached hydrogens (tertiary/aromatic N) is 1. The van der Waals surface area contributed by atoms with Gasteiger partial charge >= 0.3 is 0 Å². The summed E-state index contributed by atoms with van der Waals surface area (Å²) in [5, 5.41) is 3.69. The van der Waals surface area contributed by atoms with E-state index < -0.39 is 0 Å². The zero-order valence-corrected chi connectivity index (χ0v) is 11.3. The molecule has 0 bridgehead atoms. The van der Waals surface area contributed by atoms with Crippen LogP contribution in [0, 0.1) is 0 Å². The normalized spacial score (nSPS) is 29.1. The lowest BCUT2D eigenvalue weighted by molar-refractivity contribution is 0.0767. The van der Waals surface area contributed by atoms with Crippen LogP contribution in [0.4, 0.5) is 0 Å². The van der Waals surface area contributed by atoms with Gasteiger partial charge in [0, 0.05) is 38.4 Å². The summed E-state index contributed by atoms with van der Waals surface area (Å²) in [6.07, 6.45) is 8.00. The number of ether oxygens (including phenoxy) is 1. The standard InChI is InChI=1S/C14H28N2O/c1-13-5-3-2-4-9-16(13)10-8-15-14-6-11-17-12-7-14/h13-15H,2-12H2,1H3. The largest absolute Gasteiger partial charge is 0.381 e. The minimum atomic E-state index is 0.700. The number of rotatable bonds is 4. The maximum absolute atomic E-state index is 5.38. The Morgan fingerprint density at radius 2 is 1.94 bits per heavy atom. The average molecular weight is 240 g/mol. The lowest BCUT2D eigenvalue weighted by Crippen LogP contribution is -2.42. The van der Waals surface area contributed by atoms with E-state index in [2.05, 4.69) is 17.1 Å². The van der Waals surface area contributed by atoms with Gasteiger partial charge in [-0.25, -0.2) is 0 Å². The van der Waals surface area contributed by atoms with Gasteiger partial charge in [0.1, 0.15) is 0 Å². The maximum Gasteiger partial charge on any atom is 0.0480 e. The summed E-state index contributed by atoms with van der Waals surface area (Å²) >= 11 is 0. The van der Waals surface area contributed by atoms with Crippen LogP contribution in [0.25, 0.3) is 0 Å². The highest BCUT2D eigenvalue weighted by Gasteiger charge is 2.17. The Kier molecular flexibility index (Phi) is 5.75. The van der Waals surface area contributed by atoms with Crippen molar-refractivity contribution >= 4 is 0 Å². The first-order valence-electron chi connectivity index (χ1n) is 7.41. The molecule has 0 aliphatic carbocycles. The van der Waals surface area contributed by atoms with E-state index in [9.17, 15) is 0 Å². The van der Waals surface area contributed by atoms with Crippen molar-refractivity contribution < 1.29 is 4.74 Å². The fourth-order valence-electron chi connectivity index (χ4n) is 2.98. The molecule has 0 spiro atoms. The second-order valence-electron chi connectivity index (χ2n) is 5.58. The fraction of sp³-hybridized carbons (Fsp3) is 1.00. The molecule has 0 aromatic rings. The molecular weight excluding hydrogens is 212 g/mol. The van der Waals surface area contributed by atoms with Gasteiger partial charge in [-0.3, -0.25) is 4.90 Å². The molecule has 2 aliphatic rings. The Balaban J connectivity index is 1.62. The van der Waals surface area contributed by atoms with Crippen molar-refractivity contribution in [1.82, 2.24) is 10.2 Å². The minimum Gasteiger partial charge on any atom is -0.381 e. The molecule has 2 fully saturated rings. The van der Waals surface area contributed by atoms with Gasteiger partial charge in [-0.05, 0) is 39.2 Å². The molecule has 1 unspecified atom stereocenters. The molecule has 17 heavy (non-hydrogen) atoms. The lowest BCUT2D eigenvalue weighted by atomic mass is 10.1. The average Bonchev–Trinajstić information content (AvgIpc) is 2.56. The van der Waals surface area contributed by atoms with Gasteiger partial charge in [0.05, 0.1) is 0 Å². The van der Waals surface area contributed by atoms with Crippen molar-refractivity contribution in [1.29, 1.82) is 0 Å². The SMILES string of the molecule is CC1CCCCCN1CCNC1CCOCC1. The smallest absolute Gasteiger partial charge is 0.0480 e. The second-order valence-corrected chi connectivity index (χ2v) is 5.58. The summed E-state index contributed by atoms with van der Waals surface area (Å²) in [6.45, 7) is 7.94. The van der Waals surface area contributed by atoms with Crippen LogP contribution in [0.15, 0.2) is 0 Å². The van der Waals surface area contributed by atoms with Crippen molar-refractivity contribution in [2.75, 3.05) is 32.8 Å². The minimum absolute atomic E-state index is 0.700. The van der Waals surface area contributed by atoms with E-state index >= 15 is 0 Å². The van der Waals surface area contributed by atoms with Crippen LogP contribution in [0.1, 0.15) is 45.4 Å². The van der Waals surface area contributed by atoms with E-state index in [1.807, 2.05) is 0 Å². The van der Waals surface area contributed by atoms with Gasteiger partial charge < -0.3 is 10.1 Å². The van der Waals surface area contributed by atoms with E-state index in [4.69, 9.17) is 4.74 Å². The highest BCUT2D eigenvalue weighted by atomic mass is 16.5. The van der Waals surface area contributed by atoms with Crippen LogP contribution in [0.3, 0.4) is 0 Å². The van der Waals surface area contributed by atoms with Crippen molar-refractivity contribution in [3.8, 4) is 0 Å². The van der Waals surface area contributed by atoms with E-state index in [-0.39, 0.29) is 0 Å². The molecule has 1 N–H and O–H groups in total. The van der Waals surface area contributed by atoms with Crippen LogP contribution in [0.2, 0.25) is 0 Å². The van der Waals surface area contributed by atoms with E-state index in [1.165, 1.54) is 51.6 Å². The molecule has 0 radical (unpaired) electrons. The number of hydrogen-bond donors (Lipinski definition) is 1. The topological polar surface area (TPSA) is 24.5 Å². The molecule has 1 atom stereocenters. The van der Waals surface area contributed by atoms with Gasteiger partial charge in [0.25, 0.3) is 0 Å². The third-order valence-electron chi connectivity index (χ3n) is 4.24. The van der Waals surface area contributed by atoms with Gasteiger partial charge in [-0.1, -0.05) is 12.8 Å².